The second kappa shape index (κ2) is 116. The predicted octanol–water partition coefficient (Wildman–Crippen LogP) is 53.4. The first-order valence-electron chi connectivity index (χ1n) is 57.5. The molecular formula is C119H258S20. The van der Waals surface area contributed by atoms with Crippen LogP contribution in [0.3, 0.4) is 0 Å². The van der Waals surface area contributed by atoms with E-state index in [4.69, 9.17) is 0 Å². The first-order valence-corrected chi connectivity index (χ1v) is 80.3. The lowest BCUT2D eigenvalue weighted by molar-refractivity contribution is 0.502. The molecule has 139 heavy (non-hydrogen) atoms. The molecule has 0 aromatic heterocycles. The normalized spacial score (nSPS) is 12.8. The van der Waals surface area contributed by atoms with Crippen molar-refractivity contribution in [2.75, 3.05) is 17.3 Å². The SMILES string of the molecule is CC(C)CCC(C)(C)SSC(C)C.CC(C)CCCC(C)(C)SSC(C)C.CC(C)CCCC(C)SSC(C)C.CC(C)CCCCC(C)(C)SSC(C)C.CC(C)CCCCC(C)SSC(C)C.CC(C)CCCCCC(C)(C)SSC(C)C.CC(C)CCCCCC(C)SSC(C)C.CC(C)CCCCCCSSC(C)C.CC(C)CCCCCSSC(C)C.CC(C)CCCCSSC(C)C. The maximum Gasteiger partial charge on any atom is 0.0207 e. The first-order chi connectivity index (χ1) is 64.3. The summed E-state index contributed by atoms with van der Waals surface area (Å²) in [5.74, 6) is 12.7. The molecule has 0 N–H and O–H groups in total. The lowest BCUT2D eigenvalue weighted by Gasteiger charge is -2.24. The van der Waals surface area contributed by atoms with E-state index in [0.29, 0.717) is 19.0 Å². The lowest BCUT2D eigenvalue weighted by atomic mass is 10.0. The van der Waals surface area contributed by atoms with Gasteiger partial charge in [-0.2, -0.15) is 0 Å². The van der Waals surface area contributed by atoms with Gasteiger partial charge in [0.1, 0.15) is 0 Å². The van der Waals surface area contributed by atoms with Gasteiger partial charge in [0.25, 0.3) is 0 Å². The van der Waals surface area contributed by atoms with E-state index >= 15 is 0 Å². The summed E-state index contributed by atoms with van der Waals surface area (Å²) in [5, 5.41) is 10.1. The molecule has 0 aliphatic carbocycles. The van der Waals surface area contributed by atoms with E-state index in [1.807, 2.05) is 151 Å². The van der Waals surface area contributed by atoms with Gasteiger partial charge in [0, 0.05) is 104 Å². The zero-order chi connectivity index (χ0) is 109. The van der Waals surface area contributed by atoms with Crippen LogP contribution in [0.4, 0.5) is 0 Å². The van der Waals surface area contributed by atoms with Crippen molar-refractivity contribution in [2.24, 2.45) is 59.2 Å². The van der Waals surface area contributed by atoms with Crippen molar-refractivity contribution >= 4 is 216 Å². The van der Waals surface area contributed by atoms with Crippen molar-refractivity contribution in [1.82, 2.24) is 0 Å². The number of hydrogen-bond acceptors (Lipinski definition) is 20. The van der Waals surface area contributed by atoms with Crippen LogP contribution in [0, 0.1) is 59.2 Å². The van der Waals surface area contributed by atoms with Gasteiger partial charge in [-0.1, -0.05) is 687 Å². The van der Waals surface area contributed by atoms with Crippen molar-refractivity contribution in [3.8, 4) is 0 Å². The van der Waals surface area contributed by atoms with Gasteiger partial charge in [-0.25, -0.2) is 0 Å². The summed E-state index contributed by atoms with van der Waals surface area (Å²) in [5.41, 5.74) is 0. The molecule has 0 aromatic carbocycles. The van der Waals surface area contributed by atoms with Crippen LogP contribution >= 0.6 is 216 Å². The molecule has 3 atom stereocenters. The molecule has 0 heterocycles. The molecular weight excluding hydrogens is 2070 g/mol. The highest BCUT2D eigenvalue weighted by molar-refractivity contribution is 8.79. The molecule has 0 nitrogen and oxygen atoms in total. The monoisotopic (exact) mass is 2330 g/mol. The maximum atomic E-state index is 2.38. The van der Waals surface area contributed by atoms with Crippen molar-refractivity contribution in [3.05, 3.63) is 0 Å². The quantitative estimate of drug-likeness (QED) is 0.0419. The molecule has 20 heteroatoms. The van der Waals surface area contributed by atoms with Crippen LogP contribution in [0.5, 0.6) is 0 Å². The van der Waals surface area contributed by atoms with E-state index in [9.17, 15) is 0 Å². The molecule has 0 spiro atoms. The Hall–Kier alpha value is 7.00. The van der Waals surface area contributed by atoms with Crippen LogP contribution < -0.4 is 0 Å². The molecule has 0 radical (unpaired) electrons. The molecule has 3 unspecified atom stereocenters. The van der Waals surface area contributed by atoms with Crippen LogP contribution in [0.1, 0.15) is 597 Å². The summed E-state index contributed by atoms with van der Waals surface area (Å²) in [6, 6.07) is 0. The highest BCUT2D eigenvalue weighted by Crippen LogP contribution is 2.46. The zero-order valence-electron chi connectivity index (χ0n) is 103. The Bertz CT molecular complexity index is 2210. The van der Waals surface area contributed by atoms with E-state index in [0.717, 1.165) is 127 Å². The Labute approximate surface area is 965 Å². The Morgan fingerprint density at radius 1 is 0.129 bits per heavy atom. The predicted molar refractivity (Wildman–Crippen MR) is 726 cm³/mol. The average molecular weight is 2330 g/mol. The van der Waals surface area contributed by atoms with Gasteiger partial charge in [-0.3, -0.25) is 0 Å². The Morgan fingerprint density at radius 2 is 0.288 bits per heavy atom. The summed E-state index contributed by atoms with van der Waals surface area (Å²) < 4.78 is 1.79. The van der Waals surface area contributed by atoms with Crippen molar-refractivity contribution in [3.63, 3.8) is 0 Å². The standard InChI is InChI=1S/C14H30S2.2C13H28S2.3C12H26S2.3C11H24S2.C10H22S2/c1-12(2)10-8-7-9-11-14(5,6)16-15-13(3)4;1-11(2)9-7-8-10-13(5,6)15-14-12(3)4;1-11(2)9-7-6-8-10-13(5)15-14-12(3)4;1-10(2)8-7-9-12(5,6)14-13-11(3)4;1-10(2)8-6-7-9-12(5)14-13-11(3)4;1-11(2)9-7-5-6-8-10-13-14-12(3)4;1-9(2)7-8-11(5,6)13-12-10(3)4;1-9(2)7-6-8-11(5)13-12-10(3)4;1-10(2)8-6-5-7-9-12-13-11(3)4;1-9(2)7-5-6-8-11-12-10(3)4/h12-13H,7-11H2,1-6H3;11-12H,7-10H2,1-6H3;11-13H,6-10H2,1-5H3;10-11H,7-9H2,1-6H3;10-12H,6-9H2,1-5H3;11-12H,5-10H2,1-4H3;9-10H,7-8H2,1-6H3;9-11H,6-8H2,1-5H3;10-11H,5-9H2,1-4H3;9-10H,5-8H2,1-4H3. The van der Waals surface area contributed by atoms with Crippen molar-refractivity contribution in [2.45, 2.75) is 684 Å². The Kier molecular flexibility index (Phi) is 138. The summed E-state index contributed by atoms with van der Waals surface area (Å²) in [6.45, 7) is 118. The summed E-state index contributed by atoms with van der Waals surface area (Å²) >= 11 is 0. The molecule has 0 aliphatic rings. The zero-order valence-corrected chi connectivity index (χ0v) is 120. The second-order valence-electron chi connectivity index (χ2n) is 48.6. The van der Waals surface area contributed by atoms with Gasteiger partial charge in [0.2, 0.25) is 0 Å². The molecule has 0 saturated carbocycles. The van der Waals surface area contributed by atoms with Gasteiger partial charge < -0.3 is 0 Å². The van der Waals surface area contributed by atoms with Crippen LogP contribution in [0.2, 0.25) is 0 Å². The number of rotatable bonds is 78. The van der Waals surface area contributed by atoms with Gasteiger partial charge >= 0.3 is 0 Å². The summed E-state index contributed by atoms with van der Waals surface area (Å²) in [7, 11) is 40.7. The minimum absolute atomic E-state index is 0.444. The molecule has 0 fully saturated rings. The maximum absolute atomic E-state index is 2.38. The van der Waals surface area contributed by atoms with Crippen LogP contribution in [-0.4, -0.2) is 104 Å². The van der Waals surface area contributed by atoms with E-state index in [-0.39, 0.29) is 0 Å². The van der Waals surface area contributed by atoms with Gasteiger partial charge in [0.15, 0.2) is 0 Å². The highest BCUT2D eigenvalue weighted by Gasteiger charge is 2.24. The molecule has 0 aromatic rings. The van der Waals surface area contributed by atoms with Crippen LogP contribution in [0.15, 0.2) is 0 Å². The largest absolute Gasteiger partial charge is 0.0939 e. The lowest BCUT2D eigenvalue weighted by Crippen LogP contribution is -2.14. The smallest absolute Gasteiger partial charge is 0.0207 e. The Balaban J connectivity index is -0.000000166. The molecule has 854 valence electrons. The summed E-state index contributed by atoms with van der Waals surface area (Å²) in [4.78, 5) is 0. The van der Waals surface area contributed by atoms with Gasteiger partial charge in [0.05, 0.1) is 0 Å². The molecule has 0 saturated heterocycles. The van der Waals surface area contributed by atoms with Crippen LogP contribution in [0.25, 0.3) is 0 Å². The average Bonchev–Trinajstić information content (AvgIpc) is 0.941. The highest BCUT2D eigenvalue weighted by atomic mass is 33.1. The fraction of sp³-hybridized carbons (Fsp3) is 1.00. The minimum Gasteiger partial charge on any atom is -0.0939 e. The number of unbranched alkanes of at least 4 members (excludes halogenated alkanes) is 12. The van der Waals surface area contributed by atoms with Gasteiger partial charge in [-0.05, 0) is 185 Å². The topological polar surface area (TPSA) is 0 Å². The fourth-order valence-electron chi connectivity index (χ4n) is 12.0. The molecule has 0 aliphatic heterocycles. The third kappa shape index (κ3) is 184. The van der Waals surface area contributed by atoms with Crippen molar-refractivity contribution in [1.29, 1.82) is 0 Å². The van der Waals surface area contributed by atoms with Crippen molar-refractivity contribution < 1.29 is 0 Å². The first kappa shape index (κ1) is 166. The fourth-order valence-corrected chi connectivity index (χ4v) is 34.1. The van der Waals surface area contributed by atoms with E-state index < -0.39 is 0 Å². The second-order valence-corrected chi connectivity index (χ2v) is 81.6. The van der Waals surface area contributed by atoms with E-state index in [1.165, 1.54) is 261 Å². The van der Waals surface area contributed by atoms with Gasteiger partial charge in [-0.15, -0.1) is 0 Å². The molecule has 0 amide bonds. The van der Waals surface area contributed by atoms with E-state index in [2.05, 4.69) is 418 Å². The van der Waals surface area contributed by atoms with E-state index in [1.54, 1.807) is 0 Å². The summed E-state index contributed by atoms with van der Waals surface area (Å²) in [6.07, 6.45) is 53.0. The minimum atomic E-state index is 0.444. The molecule has 0 rings (SSSR count). The van der Waals surface area contributed by atoms with Crippen LogP contribution in [-0.2, 0) is 0 Å². The third-order valence-electron chi connectivity index (χ3n) is 20.1. The Morgan fingerprint density at radius 3 is 0.547 bits per heavy atom. The molecule has 0 bridgehead atoms. The number of hydrogen-bond donors (Lipinski definition) is 0. The third-order valence-corrected chi connectivity index (χ3v) is 55.5.